The molecular formula is C8H15N3. The van der Waals surface area contributed by atoms with Crippen LogP contribution in [0.4, 0.5) is 0 Å². The molecule has 1 aliphatic rings. The van der Waals surface area contributed by atoms with Gasteiger partial charge >= 0.3 is 0 Å². The fourth-order valence-electron chi connectivity index (χ4n) is 1.19. The second-order valence-electron chi connectivity index (χ2n) is 3.47. The Morgan fingerprint density at radius 2 is 2.09 bits per heavy atom. The average molecular weight is 153 g/mol. The number of guanidine groups is 1. The van der Waals surface area contributed by atoms with Crippen LogP contribution in [0.1, 0.15) is 20.8 Å². The number of nitrogens with zero attached hydrogens (tertiary/aromatic N) is 2. The third kappa shape index (κ3) is 1.37. The third-order valence-electron chi connectivity index (χ3n) is 2.06. The molecule has 0 fully saturated rings. The Morgan fingerprint density at radius 1 is 1.55 bits per heavy atom. The highest BCUT2D eigenvalue weighted by molar-refractivity contribution is 5.81. The Labute approximate surface area is 67.6 Å². The summed E-state index contributed by atoms with van der Waals surface area (Å²) in [5.41, 5.74) is 6.67. The number of hydrogen-bond acceptors (Lipinski definition) is 3. The summed E-state index contributed by atoms with van der Waals surface area (Å²) in [5, 5.41) is 0. The van der Waals surface area contributed by atoms with Crippen LogP contribution in [-0.2, 0) is 0 Å². The maximum atomic E-state index is 5.68. The maximum Gasteiger partial charge on any atom is 0.196 e. The molecule has 0 radical (unpaired) electrons. The minimum atomic E-state index is -0.00405. The Hall–Kier alpha value is -0.990. The maximum absolute atomic E-state index is 5.68. The highest BCUT2D eigenvalue weighted by atomic mass is 15.3. The summed E-state index contributed by atoms with van der Waals surface area (Å²) in [6.07, 6.45) is 2.10. The Kier molecular flexibility index (Phi) is 1.66. The minimum Gasteiger partial charge on any atom is -0.369 e. The van der Waals surface area contributed by atoms with Gasteiger partial charge in [-0.15, -0.1) is 0 Å². The highest BCUT2D eigenvalue weighted by Crippen LogP contribution is 2.20. The summed E-state index contributed by atoms with van der Waals surface area (Å²) in [5.74, 6) is 0.593. The number of likely N-dealkylation sites (N-methyl/N-ethyl adjacent to an activating group) is 1. The lowest BCUT2D eigenvalue weighted by atomic mass is 10.0. The van der Waals surface area contributed by atoms with E-state index < -0.39 is 0 Å². The van der Waals surface area contributed by atoms with Crippen LogP contribution in [-0.4, -0.2) is 23.4 Å². The number of nitrogens with two attached hydrogens (primary N) is 1. The van der Waals surface area contributed by atoms with Gasteiger partial charge in [-0.25, -0.2) is 4.99 Å². The van der Waals surface area contributed by atoms with Gasteiger partial charge in [0.2, 0.25) is 0 Å². The van der Waals surface area contributed by atoms with E-state index in [4.69, 9.17) is 5.73 Å². The van der Waals surface area contributed by atoms with Crippen molar-refractivity contribution in [3.05, 3.63) is 11.8 Å². The van der Waals surface area contributed by atoms with E-state index in [-0.39, 0.29) is 5.54 Å². The van der Waals surface area contributed by atoms with Gasteiger partial charge in [0.05, 0.1) is 5.54 Å². The lowest BCUT2D eigenvalue weighted by molar-refractivity contribution is 0.310. The highest BCUT2D eigenvalue weighted by Gasteiger charge is 2.25. The fraction of sp³-hybridized carbons (Fsp3) is 0.625. The molecule has 1 rings (SSSR count). The lowest BCUT2D eigenvalue weighted by Crippen LogP contribution is -2.49. The molecule has 0 saturated heterocycles. The van der Waals surface area contributed by atoms with Crippen LogP contribution in [0.2, 0.25) is 0 Å². The molecule has 0 aromatic carbocycles. The van der Waals surface area contributed by atoms with E-state index in [0.717, 1.165) is 5.70 Å². The molecule has 11 heavy (non-hydrogen) atoms. The van der Waals surface area contributed by atoms with Crippen LogP contribution in [0.3, 0.4) is 0 Å². The van der Waals surface area contributed by atoms with Gasteiger partial charge in [0.25, 0.3) is 0 Å². The van der Waals surface area contributed by atoms with E-state index in [2.05, 4.69) is 24.9 Å². The van der Waals surface area contributed by atoms with E-state index in [1.165, 1.54) is 0 Å². The second kappa shape index (κ2) is 2.26. The van der Waals surface area contributed by atoms with Gasteiger partial charge in [-0.2, -0.15) is 0 Å². The number of allylic oxidation sites excluding steroid dienone is 1. The molecule has 0 aromatic rings. The van der Waals surface area contributed by atoms with Crippen molar-refractivity contribution < 1.29 is 0 Å². The summed E-state index contributed by atoms with van der Waals surface area (Å²) < 4.78 is 0. The quantitative estimate of drug-likeness (QED) is 0.562. The van der Waals surface area contributed by atoms with Gasteiger partial charge < -0.3 is 10.6 Å². The van der Waals surface area contributed by atoms with E-state index >= 15 is 0 Å². The molecule has 3 nitrogen and oxygen atoms in total. The van der Waals surface area contributed by atoms with E-state index in [1.54, 1.807) is 0 Å². The Balaban J connectivity index is 3.01. The monoisotopic (exact) mass is 153 g/mol. The molecule has 3 heteroatoms. The predicted molar refractivity (Wildman–Crippen MR) is 47.2 cm³/mol. The molecule has 0 aliphatic carbocycles. The van der Waals surface area contributed by atoms with Crippen molar-refractivity contribution >= 4 is 5.96 Å². The van der Waals surface area contributed by atoms with Crippen molar-refractivity contribution in [1.29, 1.82) is 0 Å². The zero-order valence-electron chi connectivity index (χ0n) is 7.55. The second-order valence-corrected chi connectivity index (χ2v) is 3.47. The summed E-state index contributed by atoms with van der Waals surface area (Å²) in [4.78, 5) is 6.10. The Bertz CT molecular complexity index is 225. The number of hydrogen-bond donors (Lipinski definition) is 1. The first-order valence-corrected chi connectivity index (χ1v) is 3.71. The smallest absolute Gasteiger partial charge is 0.196 e. The average Bonchev–Trinajstić information content (AvgIpc) is 1.81. The van der Waals surface area contributed by atoms with Crippen LogP contribution in [0.25, 0.3) is 0 Å². The molecule has 0 saturated carbocycles. The zero-order valence-corrected chi connectivity index (χ0v) is 7.55. The van der Waals surface area contributed by atoms with Crippen LogP contribution in [0, 0.1) is 0 Å². The lowest BCUT2D eigenvalue weighted by Gasteiger charge is -2.36. The van der Waals surface area contributed by atoms with Crippen molar-refractivity contribution in [2.75, 3.05) is 7.05 Å². The minimum absolute atomic E-state index is 0.00405. The first-order valence-electron chi connectivity index (χ1n) is 3.71. The predicted octanol–water partition coefficient (Wildman–Crippen LogP) is 0.929. The molecule has 0 bridgehead atoms. The van der Waals surface area contributed by atoms with Crippen molar-refractivity contribution in [3.8, 4) is 0 Å². The fourth-order valence-corrected chi connectivity index (χ4v) is 1.19. The molecule has 62 valence electrons. The Morgan fingerprint density at radius 3 is 2.55 bits per heavy atom. The normalized spacial score (nSPS) is 22.7. The van der Waals surface area contributed by atoms with Crippen molar-refractivity contribution in [2.24, 2.45) is 10.7 Å². The molecule has 0 unspecified atom stereocenters. The van der Waals surface area contributed by atoms with E-state index in [9.17, 15) is 0 Å². The van der Waals surface area contributed by atoms with E-state index in [0.29, 0.717) is 5.96 Å². The van der Waals surface area contributed by atoms with Gasteiger partial charge in [0, 0.05) is 12.7 Å². The van der Waals surface area contributed by atoms with Crippen molar-refractivity contribution in [2.45, 2.75) is 26.3 Å². The van der Waals surface area contributed by atoms with Crippen LogP contribution >= 0.6 is 0 Å². The largest absolute Gasteiger partial charge is 0.369 e. The first-order chi connectivity index (χ1) is 4.93. The van der Waals surface area contributed by atoms with Gasteiger partial charge in [-0.3, -0.25) is 0 Å². The summed E-state index contributed by atoms with van der Waals surface area (Å²) in [6, 6.07) is 0. The summed E-state index contributed by atoms with van der Waals surface area (Å²) >= 11 is 0. The summed E-state index contributed by atoms with van der Waals surface area (Å²) in [6.45, 7) is 6.18. The van der Waals surface area contributed by atoms with Crippen molar-refractivity contribution in [3.63, 3.8) is 0 Å². The molecule has 1 aliphatic heterocycles. The van der Waals surface area contributed by atoms with Crippen LogP contribution in [0.15, 0.2) is 16.8 Å². The number of rotatable bonds is 0. The third-order valence-corrected chi connectivity index (χ3v) is 2.06. The molecule has 0 aromatic heterocycles. The van der Waals surface area contributed by atoms with Gasteiger partial charge in [0.1, 0.15) is 0 Å². The topological polar surface area (TPSA) is 41.6 Å². The van der Waals surface area contributed by atoms with Gasteiger partial charge in [0.15, 0.2) is 5.96 Å². The van der Waals surface area contributed by atoms with Gasteiger partial charge in [-0.1, -0.05) is 0 Å². The van der Waals surface area contributed by atoms with Crippen molar-refractivity contribution in [1.82, 2.24) is 4.90 Å². The SMILES string of the molecule is CC1=CC(C)(C)N(C)C(N)=N1. The zero-order chi connectivity index (χ0) is 8.65. The molecule has 0 atom stereocenters. The first kappa shape index (κ1) is 8.11. The molecule has 2 N–H and O–H groups in total. The van der Waals surface area contributed by atoms with E-state index in [1.807, 2.05) is 18.9 Å². The van der Waals surface area contributed by atoms with Gasteiger partial charge in [-0.05, 0) is 26.8 Å². The number of aliphatic imine (C=N–C) groups is 1. The standard InChI is InChI=1S/C8H15N3/c1-6-5-8(2,3)11(4)7(9)10-6/h5H,1-4H3,(H2,9,10). The molecule has 0 amide bonds. The van der Waals surface area contributed by atoms with Crippen LogP contribution in [0.5, 0.6) is 0 Å². The molecule has 1 heterocycles. The van der Waals surface area contributed by atoms with Crippen LogP contribution < -0.4 is 5.73 Å². The summed E-state index contributed by atoms with van der Waals surface area (Å²) in [7, 11) is 1.95. The molecular weight excluding hydrogens is 138 g/mol. The molecule has 0 spiro atoms.